The molecule has 1 aromatic carbocycles. The third kappa shape index (κ3) is 13.0. The van der Waals surface area contributed by atoms with Crippen LogP contribution in [0.3, 0.4) is 0 Å². The minimum atomic E-state index is -2.96. The van der Waals surface area contributed by atoms with Crippen molar-refractivity contribution in [3.05, 3.63) is 58.7 Å². The molecule has 0 radical (unpaired) electrons. The van der Waals surface area contributed by atoms with Crippen molar-refractivity contribution >= 4 is 35.8 Å². The number of alkyl halides is 2. The molecule has 0 aliphatic carbocycles. The van der Waals surface area contributed by atoms with Crippen LogP contribution in [0.5, 0.6) is 0 Å². The zero-order valence-corrected chi connectivity index (χ0v) is 24.4. The van der Waals surface area contributed by atoms with Gasteiger partial charge in [-0.15, -0.1) is 0 Å². The molecule has 2 heterocycles. The largest absolute Gasteiger partial charge is 0.444 e. The molecule has 2 aromatic rings. The van der Waals surface area contributed by atoms with Crippen LogP contribution in [0.15, 0.2) is 42.6 Å². The molecule has 0 bridgehead atoms. The van der Waals surface area contributed by atoms with E-state index >= 15 is 0 Å². The highest BCUT2D eigenvalue weighted by atomic mass is 35.5. The molecule has 1 unspecified atom stereocenters. The molecular weight excluding hydrogens is 548 g/mol. The summed E-state index contributed by atoms with van der Waals surface area (Å²) < 4.78 is 37.1. The van der Waals surface area contributed by atoms with Crippen molar-refractivity contribution in [1.29, 1.82) is 0 Å². The number of aldehydes is 1. The van der Waals surface area contributed by atoms with Gasteiger partial charge in [-0.2, -0.15) is 0 Å². The van der Waals surface area contributed by atoms with Gasteiger partial charge in [0.05, 0.1) is 32.3 Å². The predicted octanol–water partition coefficient (Wildman–Crippen LogP) is 4.83. The Morgan fingerprint density at radius 1 is 1.30 bits per heavy atom. The van der Waals surface area contributed by atoms with Gasteiger partial charge in [0.25, 0.3) is 5.92 Å². The number of carbonyl (C=O) groups excluding carboxylic acids is 3. The van der Waals surface area contributed by atoms with E-state index in [-0.39, 0.29) is 13.2 Å². The number of halogens is 3. The SMILES string of the molecule is CC(C)(C)OC(=O)NCC=O.CNc1cc(C(COC)N2CC(F)(F)CNC2=O)ccn1.Cc1ccccc1Cl. The number of methoxy groups -OCH3 is 1. The Kier molecular flexibility index (Phi) is 14.3. The van der Waals surface area contributed by atoms with Gasteiger partial charge in [-0.3, -0.25) is 0 Å². The Morgan fingerprint density at radius 3 is 2.50 bits per heavy atom. The number of nitrogens with one attached hydrogen (secondary N) is 3. The highest BCUT2D eigenvalue weighted by Crippen LogP contribution is 2.28. The number of aromatic nitrogens is 1. The van der Waals surface area contributed by atoms with Crippen molar-refractivity contribution in [3.8, 4) is 0 Å². The molecule has 1 fully saturated rings. The van der Waals surface area contributed by atoms with E-state index < -0.39 is 42.8 Å². The molecule has 3 amide bonds. The van der Waals surface area contributed by atoms with Crippen LogP contribution in [-0.4, -0.2) is 80.2 Å². The molecule has 0 spiro atoms. The fraction of sp³-hybridized carbons (Fsp3) is 0.481. The van der Waals surface area contributed by atoms with E-state index in [1.807, 2.05) is 31.2 Å². The number of urea groups is 1. The first-order valence-corrected chi connectivity index (χ1v) is 12.8. The molecule has 1 saturated heterocycles. The number of rotatable bonds is 7. The highest BCUT2D eigenvalue weighted by Gasteiger charge is 2.42. The zero-order valence-electron chi connectivity index (χ0n) is 23.6. The maximum absolute atomic E-state index is 13.6. The van der Waals surface area contributed by atoms with Gasteiger partial charge >= 0.3 is 12.1 Å². The van der Waals surface area contributed by atoms with Crippen LogP contribution < -0.4 is 16.0 Å². The fourth-order valence-corrected chi connectivity index (χ4v) is 3.38. The third-order valence-corrected chi connectivity index (χ3v) is 5.52. The fourth-order valence-electron chi connectivity index (χ4n) is 3.24. The average molecular weight is 586 g/mol. The Balaban J connectivity index is 0.000000351. The number of aryl methyl sites for hydroxylation is 1. The van der Waals surface area contributed by atoms with Gasteiger partial charge in [-0.05, 0) is 57.0 Å². The zero-order chi connectivity index (χ0) is 30.3. The summed E-state index contributed by atoms with van der Waals surface area (Å²) in [5.41, 5.74) is 1.31. The summed E-state index contributed by atoms with van der Waals surface area (Å²) >= 11 is 5.71. The summed E-state index contributed by atoms with van der Waals surface area (Å²) in [7, 11) is 3.17. The molecule has 10 nitrogen and oxygen atoms in total. The lowest BCUT2D eigenvalue weighted by Crippen LogP contribution is -2.58. The van der Waals surface area contributed by atoms with Crippen LogP contribution >= 0.6 is 11.6 Å². The number of alkyl carbamates (subject to hydrolysis) is 1. The van der Waals surface area contributed by atoms with Crippen LogP contribution in [0.25, 0.3) is 0 Å². The molecule has 1 aromatic heterocycles. The molecule has 3 rings (SSSR count). The predicted molar refractivity (Wildman–Crippen MR) is 150 cm³/mol. The maximum Gasteiger partial charge on any atom is 0.408 e. The number of ether oxygens (including phenoxy) is 2. The molecule has 40 heavy (non-hydrogen) atoms. The van der Waals surface area contributed by atoms with Gasteiger partial charge in [0.2, 0.25) is 0 Å². The number of benzene rings is 1. The van der Waals surface area contributed by atoms with E-state index in [2.05, 4.69) is 20.9 Å². The molecule has 1 aliphatic rings. The second-order valence-corrected chi connectivity index (χ2v) is 10.0. The van der Waals surface area contributed by atoms with Crippen molar-refractivity contribution in [2.75, 3.05) is 45.7 Å². The van der Waals surface area contributed by atoms with Gasteiger partial charge in [0.1, 0.15) is 17.7 Å². The van der Waals surface area contributed by atoms with E-state index in [1.54, 1.807) is 46.1 Å². The van der Waals surface area contributed by atoms with Gasteiger partial charge in [0, 0.05) is 25.4 Å². The molecule has 13 heteroatoms. The van der Waals surface area contributed by atoms with E-state index in [1.165, 1.54) is 7.11 Å². The van der Waals surface area contributed by atoms with Crippen molar-refractivity contribution in [3.63, 3.8) is 0 Å². The number of carbonyl (C=O) groups is 3. The highest BCUT2D eigenvalue weighted by molar-refractivity contribution is 6.31. The van der Waals surface area contributed by atoms with Crippen molar-refractivity contribution < 1.29 is 32.6 Å². The molecule has 3 N–H and O–H groups in total. The topological polar surface area (TPSA) is 122 Å². The Bertz CT molecular complexity index is 1080. The van der Waals surface area contributed by atoms with Crippen LogP contribution in [0, 0.1) is 6.92 Å². The summed E-state index contributed by atoms with van der Waals surface area (Å²) in [5.74, 6) is -2.36. The Hall–Kier alpha value is -3.51. The molecule has 1 atom stereocenters. The van der Waals surface area contributed by atoms with Crippen molar-refractivity contribution in [2.45, 2.75) is 45.3 Å². The summed E-state index contributed by atoms with van der Waals surface area (Å²) in [6, 6.07) is 10.0. The number of nitrogens with zero attached hydrogens (tertiary/aromatic N) is 2. The maximum atomic E-state index is 13.6. The minimum absolute atomic E-state index is 0.00505. The summed E-state index contributed by atoms with van der Waals surface area (Å²) in [4.78, 5) is 37.6. The monoisotopic (exact) mass is 585 g/mol. The number of amides is 3. The average Bonchev–Trinajstić information content (AvgIpc) is 2.89. The van der Waals surface area contributed by atoms with Gasteiger partial charge < -0.3 is 35.1 Å². The minimum Gasteiger partial charge on any atom is -0.444 e. The second-order valence-electron chi connectivity index (χ2n) is 9.64. The van der Waals surface area contributed by atoms with Crippen LogP contribution in [0.2, 0.25) is 5.02 Å². The number of pyridine rings is 1. The van der Waals surface area contributed by atoms with Gasteiger partial charge in [-0.1, -0.05) is 29.8 Å². The summed E-state index contributed by atoms with van der Waals surface area (Å²) in [6.45, 7) is 6.10. The summed E-state index contributed by atoms with van der Waals surface area (Å²) in [6.07, 6.45) is 1.60. The number of anilines is 1. The van der Waals surface area contributed by atoms with Gasteiger partial charge in [0.15, 0.2) is 0 Å². The third-order valence-electron chi connectivity index (χ3n) is 5.09. The Labute approximate surface area is 238 Å². The molecule has 222 valence electrons. The smallest absolute Gasteiger partial charge is 0.408 e. The number of hydrogen-bond donors (Lipinski definition) is 3. The van der Waals surface area contributed by atoms with E-state index in [4.69, 9.17) is 21.1 Å². The first-order valence-electron chi connectivity index (χ1n) is 12.4. The quantitative estimate of drug-likeness (QED) is 0.398. The van der Waals surface area contributed by atoms with Crippen LogP contribution in [-0.2, 0) is 14.3 Å². The lowest BCUT2D eigenvalue weighted by atomic mass is 10.1. The van der Waals surface area contributed by atoms with Crippen molar-refractivity contribution in [2.24, 2.45) is 0 Å². The van der Waals surface area contributed by atoms with Crippen LogP contribution in [0.4, 0.5) is 24.2 Å². The number of hydrogen-bond acceptors (Lipinski definition) is 7. The molecule has 1 aliphatic heterocycles. The summed E-state index contributed by atoms with van der Waals surface area (Å²) in [5, 5.41) is 8.19. The first-order chi connectivity index (χ1) is 18.7. The molecule has 0 saturated carbocycles. The van der Waals surface area contributed by atoms with E-state index in [9.17, 15) is 23.2 Å². The van der Waals surface area contributed by atoms with E-state index in [0.29, 0.717) is 17.7 Å². The molecular formula is C27H38ClF2N5O5. The lowest BCUT2D eigenvalue weighted by molar-refractivity contribution is -0.107. The normalized spacial score (nSPS) is 14.7. The first kappa shape index (κ1) is 34.5. The van der Waals surface area contributed by atoms with Gasteiger partial charge in [-0.25, -0.2) is 23.4 Å². The standard InChI is InChI=1S/C13H18F2N4O2.C7H7Cl.C7H13NO3/c1-16-11-5-9(3-4-17-11)10(6-21-2)19-8-13(14,15)7-18-12(19)20;1-6-4-2-3-5-7(6)8;1-7(2,3)11-6(10)8-4-5-9/h3-5,10H,6-8H2,1-2H3,(H,16,17)(H,18,20);2-5H,1H3;5H,4H2,1-3H3,(H,8,10). The van der Waals surface area contributed by atoms with Crippen LogP contribution in [0.1, 0.15) is 37.9 Å². The Morgan fingerprint density at radius 2 is 1.98 bits per heavy atom. The second kappa shape index (κ2) is 16.6. The van der Waals surface area contributed by atoms with Crippen molar-refractivity contribution in [1.82, 2.24) is 20.5 Å². The lowest BCUT2D eigenvalue weighted by Gasteiger charge is -2.38. The van der Waals surface area contributed by atoms with E-state index in [0.717, 1.165) is 15.5 Å².